The molecule has 4 aromatic carbocycles. The molecule has 0 fully saturated rings. The Kier molecular flexibility index (Phi) is 5.85. The molecule has 0 aliphatic heterocycles. The summed E-state index contributed by atoms with van der Waals surface area (Å²) in [6, 6.07) is 27.3. The molecular formula is C26H20N2O3. The number of rotatable bonds is 5. The Labute approximate surface area is 180 Å². The number of benzene rings is 4. The number of nitrogens with one attached hydrogen (secondary N) is 1. The van der Waals surface area contributed by atoms with Crippen LogP contribution >= 0.6 is 0 Å². The van der Waals surface area contributed by atoms with E-state index in [9.17, 15) is 9.59 Å². The number of hydrogen-bond acceptors (Lipinski definition) is 4. The Balaban J connectivity index is 1.41. The molecule has 0 aliphatic rings. The van der Waals surface area contributed by atoms with E-state index in [4.69, 9.17) is 4.74 Å². The van der Waals surface area contributed by atoms with Gasteiger partial charge in [-0.2, -0.15) is 5.10 Å². The first-order chi connectivity index (χ1) is 15.1. The van der Waals surface area contributed by atoms with Crippen LogP contribution in [0, 0.1) is 6.92 Å². The van der Waals surface area contributed by atoms with Crippen molar-refractivity contribution in [3.8, 4) is 5.75 Å². The van der Waals surface area contributed by atoms with Crippen LogP contribution in [0.15, 0.2) is 96.1 Å². The van der Waals surface area contributed by atoms with Gasteiger partial charge in [0.15, 0.2) is 0 Å². The number of carbonyl (C=O) groups excluding carboxylic acids is 2. The van der Waals surface area contributed by atoms with E-state index < -0.39 is 5.97 Å². The van der Waals surface area contributed by atoms with Gasteiger partial charge >= 0.3 is 5.97 Å². The Hall–Kier alpha value is -4.25. The lowest BCUT2D eigenvalue weighted by Gasteiger charge is -2.08. The van der Waals surface area contributed by atoms with Crippen LogP contribution in [0.1, 0.15) is 31.8 Å². The van der Waals surface area contributed by atoms with Gasteiger partial charge in [0, 0.05) is 0 Å². The van der Waals surface area contributed by atoms with Crippen molar-refractivity contribution in [1.82, 2.24) is 5.43 Å². The number of fused-ring (bicyclic) bond motifs is 1. The molecule has 0 radical (unpaired) electrons. The summed E-state index contributed by atoms with van der Waals surface area (Å²) in [4.78, 5) is 24.8. The third-order valence-electron chi connectivity index (χ3n) is 4.84. The molecule has 5 nitrogen and oxygen atoms in total. The zero-order valence-electron chi connectivity index (χ0n) is 16.9. The maximum absolute atomic E-state index is 12.7. The van der Waals surface area contributed by atoms with Crippen LogP contribution in [0.4, 0.5) is 0 Å². The number of hydrogen-bond donors (Lipinski definition) is 1. The monoisotopic (exact) mass is 408 g/mol. The van der Waals surface area contributed by atoms with Crippen LogP contribution in [0.5, 0.6) is 5.75 Å². The van der Waals surface area contributed by atoms with Crippen molar-refractivity contribution < 1.29 is 14.3 Å². The van der Waals surface area contributed by atoms with Crippen molar-refractivity contribution >= 4 is 28.9 Å². The SMILES string of the molecule is Cc1ccc2ccccc2c1C(=O)N/N=C\c1ccc(OC(=O)c2ccccc2)cc1. The topological polar surface area (TPSA) is 67.8 Å². The van der Waals surface area contributed by atoms with Gasteiger partial charge in [0.05, 0.1) is 17.3 Å². The molecule has 1 amide bonds. The third-order valence-corrected chi connectivity index (χ3v) is 4.84. The van der Waals surface area contributed by atoms with Crippen LogP contribution in [0.25, 0.3) is 10.8 Å². The van der Waals surface area contributed by atoms with Crippen LogP contribution in [-0.2, 0) is 0 Å². The predicted molar refractivity (Wildman–Crippen MR) is 122 cm³/mol. The first-order valence-corrected chi connectivity index (χ1v) is 9.81. The maximum atomic E-state index is 12.7. The summed E-state index contributed by atoms with van der Waals surface area (Å²) in [5.41, 5.74) is 5.33. The number of nitrogens with zero attached hydrogens (tertiary/aromatic N) is 1. The molecule has 0 atom stereocenters. The second-order valence-electron chi connectivity index (χ2n) is 7.00. The zero-order valence-corrected chi connectivity index (χ0v) is 16.9. The van der Waals surface area contributed by atoms with Crippen molar-refractivity contribution in [2.45, 2.75) is 6.92 Å². The van der Waals surface area contributed by atoms with Crippen molar-refractivity contribution in [2.24, 2.45) is 5.10 Å². The van der Waals surface area contributed by atoms with Gasteiger partial charge in [-0.1, -0.05) is 54.6 Å². The minimum Gasteiger partial charge on any atom is -0.423 e. The average molecular weight is 408 g/mol. The summed E-state index contributed by atoms with van der Waals surface area (Å²) < 4.78 is 5.36. The lowest BCUT2D eigenvalue weighted by Crippen LogP contribution is -2.19. The highest BCUT2D eigenvalue weighted by Crippen LogP contribution is 2.22. The molecule has 0 saturated heterocycles. The summed E-state index contributed by atoms with van der Waals surface area (Å²) in [7, 11) is 0. The molecule has 4 aromatic rings. The van der Waals surface area contributed by atoms with Gasteiger partial charge in [-0.3, -0.25) is 4.79 Å². The van der Waals surface area contributed by atoms with Gasteiger partial charge in [0.2, 0.25) is 0 Å². The smallest absolute Gasteiger partial charge is 0.343 e. The molecule has 31 heavy (non-hydrogen) atoms. The van der Waals surface area contributed by atoms with E-state index in [0.29, 0.717) is 16.9 Å². The van der Waals surface area contributed by atoms with E-state index in [1.165, 1.54) is 0 Å². The van der Waals surface area contributed by atoms with Crippen molar-refractivity contribution in [2.75, 3.05) is 0 Å². The summed E-state index contributed by atoms with van der Waals surface area (Å²) in [6.45, 7) is 1.90. The summed E-state index contributed by atoms with van der Waals surface area (Å²) in [5, 5.41) is 5.96. The summed E-state index contributed by atoms with van der Waals surface area (Å²) in [5.74, 6) is -0.250. The molecule has 4 rings (SSSR count). The standard InChI is InChI=1S/C26H20N2O3/c1-18-11-14-20-7-5-6-10-23(20)24(18)25(29)28-27-17-19-12-15-22(16-13-19)31-26(30)21-8-3-2-4-9-21/h2-17H,1H3,(H,28,29)/b27-17-. The molecular weight excluding hydrogens is 388 g/mol. The molecule has 1 N–H and O–H groups in total. The third kappa shape index (κ3) is 4.67. The fourth-order valence-electron chi connectivity index (χ4n) is 3.27. The van der Waals surface area contributed by atoms with Crippen LogP contribution in [-0.4, -0.2) is 18.1 Å². The Bertz CT molecular complexity index is 1260. The number of hydrazone groups is 1. The van der Waals surface area contributed by atoms with E-state index in [2.05, 4.69) is 10.5 Å². The Morgan fingerprint density at radius 1 is 0.839 bits per heavy atom. The maximum Gasteiger partial charge on any atom is 0.343 e. The first kappa shape index (κ1) is 20.0. The minimum absolute atomic E-state index is 0.265. The molecule has 0 unspecified atom stereocenters. The molecule has 0 spiro atoms. The number of aryl methyl sites for hydroxylation is 1. The first-order valence-electron chi connectivity index (χ1n) is 9.81. The molecule has 0 aliphatic carbocycles. The highest BCUT2D eigenvalue weighted by molar-refractivity contribution is 6.08. The normalized spacial score (nSPS) is 10.9. The van der Waals surface area contributed by atoms with Crippen LogP contribution in [0.3, 0.4) is 0 Å². The second kappa shape index (κ2) is 9.05. The fourth-order valence-corrected chi connectivity index (χ4v) is 3.27. The van der Waals surface area contributed by atoms with Gasteiger partial charge in [-0.25, -0.2) is 10.2 Å². The van der Waals surface area contributed by atoms with Gasteiger partial charge in [-0.15, -0.1) is 0 Å². The number of esters is 1. The molecule has 0 saturated carbocycles. The lowest BCUT2D eigenvalue weighted by molar-refractivity contribution is 0.0734. The Morgan fingerprint density at radius 3 is 2.32 bits per heavy atom. The van der Waals surface area contributed by atoms with E-state index in [0.717, 1.165) is 21.9 Å². The molecule has 5 heteroatoms. The molecule has 152 valence electrons. The average Bonchev–Trinajstić information content (AvgIpc) is 2.80. The highest BCUT2D eigenvalue weighted by atomic mass is 16.5. The zero-order chi connectivity index (χ0) is 21.6. The molecule has 0 heterocycles. The predicted octanol–water partition coefficient (Wildman–Crippen LogP) is 5.13. The van der Waals surface area contributed by atoms with Crippen LogP contribution < -0.4 is 10.2 Å². The van der Waals surface area contributed by atoms with Gasteiger partial charge in [0.25, 0.3) is 5.91 Å². The van der Waals surface area contributed by atoms with Crippen molar-refractivity contribution in [3.05, 3.63) is 113 Å². The van der Waals surface area contributed by atoms with Crippen molar-refractivity contribution in [3.63, 3.8) is 0 Å². The van der Waals surface area contributed by atoms with Gasteiger partial charge in [-0.05, 0) is 65.2 Å². The lowest BCUT2D eigenvalue weighted by atomic mass is 9.99. The van der Waals surface area contributed by atoms with Gasteiger partial charge < -0.3 is 4.74 Å². The summed E-state index contributed by atoms with van der Waals surface area (Å²) in [6.07, 6.45) is 1.54. The van der Waals surface area contributed by atoms with E-state index in [1.54, 1.807) is 54.7 Å². The molecule has 0 bridgehead atoms. The van der Waals surface area contributed by atoms with E-state index in [-0.39, 0.29) is 5.91 Å². The molecule has 0 aromatic heterocycles. The van der Waals surface area contributed by atoms with Gasteiger partial charge in [0.1, 0.15) is 5.75 Å². The van der Waals surface area contributed by atoms with Crippen molar-refractivity contribution in [1.29, 1.82) is 0 Å². The quantitative estimate of drug-likeness (QED) is 0.215. The number of amides is 1. The second-order valence-corrected chi connectivity index (χ2v) is 7.00. The fraction of sp³-hybridized carbons (Fsp3) is 0.0385. The minimum atomic E-state index is -0.417. The summed E-state index contributed by atoms with van der Waals surface area (Å²) >= 11 is 0. The number of ether oxygens (including phenoxy) is 1. The largest absolute Gasteiger partial charge is 0.423 e. The van der Waals surface area contributed by atoms with E-state index >= 15 is 0 Å². The number of carbonyl (C=O) groups is 2. The van der Waals surface area contributed by atoms with Crippen LogP contribution in [0.2, 0.25) is 0 Å². The Morgan fingerprint density at radius 2 is 1.55 bits per heavy atom. The highest BCUT2D eigenvalue weighted by Gasteiger charge is 2.12. The van der Waals surface area contributed by atoms with E-state index in [1.807, 2.05) is 49.4 Å².